The summed E-state index contributed by atoms with van der Waals surface area (Å²) >= 11 is 0. The van der Waals surface area contributed by atoms with Crippen LogP contribution in [0.4, 0.5) is 0 Å². The Kier molecular flexibility index (Phi) is 20.5. The van der Waals surface area contributed by atoms with E-state index in [1.807, 2.05) is 0 Å². The van der Waals surface area contributed by atoms with Gasteiger partial charge >= 0.3 is 29.3 Å². The molecule has 20 heavy (non-hydrogen) atoms. The van der Waals surface area contributed by atoms with Crippen molar-refractivity contribution in [2.45, 2.75) is 66.6 Å². The molecule has 6 nitrogen and oxygen atoms in total. The average Bonchev–Trinajstić information content (AvgIpc) is 2.17. The van der Waals surface area contributed by atoms with Crippen LogP contribution < -0.4 is 10.2 Å². The molecule has 1 radical (unpaired) electrons. The number of hydrogen-bond donors (Lipinski definition) is 2. The number of aliphatic carboxylic acids is 2. The summed E-state index contributed by atoms with van der Waals surface area (Å²) in [6.07, 6.45) is -0.595. The van der Waals surface area contributed by atoms with E-state index >= 15 is 0 Å². The molecule has 0 saturated heterocycles. The molecule has 0 aliphatic rings. The molecule has 117 valence electrons. The summed E-state index contributed by atoms with van der Waals surface area (Å²) < 4.78 is 0. The summed E-state index contributed by atoms with van der Waals surface area (Å²) in [5, 5.41) is 36.3. The first kappa shape index (κ1) is 27.7. The maximum Gasteiger partial charge on any atom is 2.00 e. The molecular formula is C13H26AlO6. The molecule has 0 atom stereocenters. The molecule has 0 heterocycles. The van der Waals surface area contributed by atoms with Crippen molar-refractivity contribution >= 4 is 29.3 Å². The smallest absolute Gasteiger partial charge is 0.852 e. The molecule has 0 fully saturated rings. The Morgan fingerprint density at radius 2 is 1.05 bits per heavy atom. The van der Waals surface area contributed by atoms with Gasteiger partial charge in [0.1, 0.15) is 0 Å². The van der Waals surface area contributed by atoms with Crippen LogP contribution in [0.5, 0.6) is 0 Å². The van der Waals surface area contributed by atoms with Gasteiger partial charge in [0, 0.05) is 0 Å². The fraction of sp³-hybridized carbons (Fsp3) is 0.846. The summed E-state index contributed by atoms with van der Waals surface area (Å²) in [5.41, 5.74) is -1.58. The first-order valence-electron chi connectivity index (χ1n) is 6.26. The standard InChI is InChI=1S/C7H12O4.2C3H7O.Al/c1-3-7(4-2,5(8)9)6(10)11;2*1-3(2)4;/h3-4H2,1-2H3,(H,8,9)(H,10,11);2*3H,1-2H3;/q;2*-1;+2. The van der Waals surface area contributed by atoms with E-state index in [0.29, 0.717) is 0 Å². The monoisotopic (exact) mass is 305 g/mol. The van der Waals surface area contributed by atoms with Gasteiger partial charge in [-0.05, 0) is 12.8 Å². The van der Waals surface area contributed by atoms with Gasteiger partial charge in [-0.15, -0.1) is 12.2 Å². The molecule has 0 aliphatic heterocycles. The van der Waals surface area contributed by atoms with Crippen LogP contribution in [0, 0.1) is 5.41 Å². The van der Waals surface area contributed by atoms with Gasteiger partial charge in [0.25, 0.3) is 0 Å². The van der Waals surface area contributed by atoms with E-state index < -0.39 is 29.6 Å². The molecule has 0 aromatic heterocycles. The van der Waals surface area contributed by atoms with Crippen LogP contribution in [0.3, 0.4) is 0 Å². The zero-order valence-electron chi connectivity index (χ0n) is 13.2. The number of hydrogen-bond acceptors (Lipinski definition) is 4. The van der Waals surface area contributed by atoms with Crippen LogP contribution in [0.25, 0.3) is 0 Å². The second-order valence-electron chi connectivity index (χ2n) is 4.50. The Morgan fingerprint density at radius 1 is 0.900 bits per heavy atom. The number of carboxylic acids is 2. The predicted molar refractivity (Wildman–Crippen MR) is 74.3 cm³/mol. The minimum atomic E-state index is -1.58. The van der Waals surface area contributed by atoms with Crippen molar-refractivity contribution in [2.24, 2.45) is 5.41 Å². The molecule has 0 aromatic rings. The van der Waals surface area contributed by atoms with Crippen LogP contribution in [0.2, 0.25) is 0 Å². The van der Waals surface area contributed by atoms with E-state index in [2.05, 4.69) is 0 Å². The van der Waals surface area contributed by atoms with E-state index in [1.165, 1.54) is 0 Å². The molecule has 0 aliphatic carbocycles. The van der Waals surface area contributed by atoms with Crippen LogP contribution >= 0.6 is 0 Å². The molecule has 0 spiro atoms. The van der Waals surface area contributed by atoms with Crippen molar-refractivity contribution in [3.05, 3.63) is 0 Å². The average molecular weight is 305 g/mol. The Balaban J connectivity index is -0.000000119. The Labute approximate surface area is 132 Å². The molecule has 7 heteroatoms. The van der Waals surface area contributed by atoms with Crippen molar-refractivity contribution in [1.29, 1.82) is 0 Å². The summed E-state index contributed by atoms with van der Waals surface area (Å²) in [7, 11) is 0. The quantitative estimate of drug-likeness (QED) is 0.561. The normalized spacial score (nSPS) is 9.70. The molecule has 0 bridgehead atoms. The van der Waals surface area contributed by atoms with Crippen LogP contribution in [0.1, 0.15) is 54.4 Å². The van der Waals surface area contributed by atoms with E-state index in [0.717, 1.165) is 0 Å². The fourth-order valence-electron chi connectivity index (χ4n) is 0.946. The van der Waals surface area contributed by atoms with Crippen molar-refractivity contribution in [2.75, 3.05) is 0 Å². The van der Waals surface area contributed by atoms with Gasteiger partial charge in [-0.3, -0.25) is 9.59 Å². The van der Waals surface area contributed by atoms with Gasteiger partial charge in [0.2, 0.25) is 0 Å². The molecule has 0 amide bonds. The van der Waals surface area contributed by atoms with E-state index in [9.17, 15) is 19.8 Å². The molecule has 0 aromatic carbocycles. The third kappa shape index (κ3) is 15.4. The van der Waals surface area contributed by atoms with Gasteiger partial charge in [0.05, 0.1) is 0 Å². The number of rotatable bonds is 4. The second kappa shape index (κ2) is 14.8. The minimum absolute atomic E-state index is 0. The third-order valence-corrected chi connectivity index (χ3v) is 2.03. The summed E-state index contributed by atoms with van der Waals surface area (Å²) in [6.45, 7) is 9.57. The largest absolute Gasteiger partial charge is 2.00 e. The van der Waals surface area contributed by atoms with Crippen LogP contribution in [-0.2, 0) is 9.59 Å². The maximum atomic E-state index is 10.5. The zero-order valence-corrected chi connectivity index (χ0v) is 14.3. The second-order valence-corrected chi connectivity index (χ2v) is 4.50. The van der Waals surface area contributed by atoms with Gasteiger partial charge in [-0.25, -0.2) is 0 Å². The fourth-order valence-corrected chi connectivity index (χ4v) is 0.946. The molecule has 2 N–H and O–H groups in total. The maximum absolute atomic E-state index is 10.5. The summed E-state index contributed by atoms with van der Waals surface area (Å²) in [5.74, 6) is -2.51. The summed E-state index contributed by atoms with van der Waals surface area (Å²) in [6, 6.07) is 0. The Morgan fingerprint density at radius 3 is 1.05 bits per heavy atom. The minimum Gasteiger partial charge on any atom is -0.852 e. The van der Waals surface area contributed by atoms with E-state index in [-0.39, 0.29) is 30.2 Å². The van der Waals surface area contributed by atoms with Gasteiger partial charge in [-0.2, -0.15) is 0 Å². The van der Waals surface area contributed by atoms with Gasteiger partial charge in [0.15, 0.2) is 5.41 Å². The van der Waals surface area contributed by atoms with E-state index in [1.54, 1.807) is 41.5 Å². The Hall–Kier alpha value is -0.608. The van der Waals surface area contributed by atoms with Crippen LogP contribution in [0.15, 0.2) is 0 Å². The van der Waals surface area contributed by atoms with Crippen molar-refractivity contribution in [3.63, 3.8) is 0 Å². The topological polar surface area (TPSA) is 121 Å². The first-order valence-corrected chi connectivity index (χ1v) is 6.26. The van der Waals surface area contributed by atoms with Crippen molar-refractivity contribution in [3.8, 4) is 0 Å². The zero-order chi connectivity index (χ0) is 16.2. The molecule has 0 rings (SSSR count). The van der Waals surface area contributed by atoms with Gasteiger partial charge in [-0.1, -0.05) is 41.5 Å². The van der Waals surface area contributed by atoms with Crippen molar-refractivity contribution in [1.82, 2.24) is 0 Å². The molecular weight excluding hydrogens is 279 g/mol. The van der Waals surface area contributed by atoms with Gasteiger partial charge < -0.3 is 20.4 Å². The summed E-state index contributed by atoms with van der Waals surface area (Å²) in [4.78, 5) is 21.1. The molecule has 0 unspecified atom stereocenters. The number of carbonyl (C=O) groups is 2. The SMILES string of the molecule is CC(C)[O-].CC(C)[O-].CCC(CC)(C(=O)O)C(=O)O.[Al+2]. The number of carboxylic acid groups (broad SMARTS) is 2. The van der Waals surface area contributed by atoms with Crippen molar-refractivity contribution < 1.29 is 30.0 Å². The van der Waals surface area contributed by atoms with E-state index in [4.69, 9.17) is 10.2 Å². The Bertz CT molecular complexity index is 222. The first-order chi connectivity index (χ1) is 8.47. The third-order valence-electron chi connectivity index (χ3n) is 2.03. The van der Waals surface area contributed by atoms with Crippen LogP contribution in [-0.4, -0.2) is 51.7 Å². The molecule has 0 saturated carbocycles. The predicted octanol–water partition coefficient (Wildman–Crippen LogP) is 0.0914.